The molecule has 26 heavy (non-hydrogen) atoms. The molecule has 1 heterocycles. The van der Waals surface area contributed by atoms with Gasteiger partial charge in [0.2, 0.25) is 0 Å². The zero-order valence-corrected chi connectivity index (χ0v) is 17.1. The van der Waals surface area contributed by atoms with Gasteiger partial charge in [-0.05, 0) is 49.7 Å². The molecule has 142 valence electrons. The number of likely N-dealkylation sites (N-methyl/N-ethyl adjacent to an activating group) is 2. The van der Waals surface area contributed by atoms with Crippen molar-refractivity contribution in [2.24, 2.45) is 4.99 Å². The monoisotopic (exact) mass is 374 g/mol. The number of nitrogens with zero attached hydrogens (tertiary/aromatic N) is 3. The lowest BCUT2D eigenvalue weighted by molar-refractivity contribution is 0.261. The summed E-state index contributed by atoms with van der Waals surface area (Å²) in [4.78, 5) is 10.1. The summed E-state index contributed by atoms with van der Waals surface area (Å²) in [5.41, 5.74) is 1.18. The molecule has 2 aromatic rings. The average molecular weight is 375 g/mol. The van der Waals surface area contributed by atoms with Crippen molar-refractivity contribution in [1.29, 1.82) is 0 Å². The number of hydrogen-bond acceptors (Lipinski definition) is 4. The van der Waals surface area contributed by atoms with Gasteiger partial charge in [0.05, 0.1) is 0 Å². The van der Waals surface area contributed by atoms with Gasteiger partial charge in [-0.2, -0.15) is 0 Å². The van der Waals surface area contributed by atoms with Crippen LogP contribution in [0.25, 0.3) is 0 Å². The number of nitrogens with one attached hydrogen (secondary N) is 1. The van der Waals surface area contributed by atoms with Gasteiger partial charge in [-0.15, -0.1) is 11.3 Å². The molecule has 0 amide bonds. The molecule has 2 rings (SSSR count). The van der Waals surface area contributed by atoms with Crippen LogP contribution < -0.4 is 10.1 Å². The van der Waals surface area contributed by atoms with Crippen molar-refractivity contribution in [2.75, 3.05) is 47.9 Å². The fraction of sp³-hybridized carbons (Fsp3) is 0.450. The molecule has 1 aromatic carbocycles. The summed E-state index contributed by atoms with van der Waals surface area (Å²) in [5, 5.41) is 5.55. The lowest BCUT2D eigenvalue weighted by atomic mass is 10.2. The first-order chi connectivity index (χ1) is 12.6. The van der Waals surface area contributed by atoms with Crippen molar-refractivity contribution in [1.82, 2.24) is 15.1 Å². The molecule has 0 saturated carbocycles. The summed E-state index contributed by atoms with van der Waals surface area (Å²) in [6, 6.07) is 12.5. The minimum absolute atomic E-state index is 0.691. The number of benzene rings is 1. The van der Waals surface area contributed by atoms with Crippen LogP contribution in [0.4, 0.5) is 0 Å². The van der Waals surface area contributed by atoms with Gasteiger partial charge in [0.1, 0.15) is 12.4 Å². The Hall–Kier alpha value is -2.05. The molecular formula is C20H30N4OS. The van der Waals surface area contributed by atoms with Crippen LogP contribution in [0.3, 0.4) is 0 Å². The second-order valence-electron chi connectivity index (χ2n) is 6.45. The normalized spacial score (nSPS) is 11.7. The van der Waals surface area contributed by atoms with Crippen LogP contribution in [0.5, 0.6) is 5.75 Å². The number of rotatable bonds is 9. The van der Waals surface area contributed by atoms with Crippen LogP contribution in [0.15, 0.2) is 46.8 Å². The number of hydrogen-bond donors (Lipinski definition) is 1. The smallest absolute Gasteiger partial charge is 0.193 e. The van der Waals surface area contributed by atoms with Crippen LogP contribution in [0, 0.1) is 0 Å². The van der Waals surface area contributed by atoms with Crippen molar-refractivity contribution in [3.63, 3.8) is 0 Å². The van der Waals surface area contributed by atoms with Crippen LogP contribution in [-0.2, 0) is 13.0 Å². The Morgan fingerprint density at radius 1 is 1.15 bits per heavy atom. The van der Waals surface area contributed by atoms with Crippen molar-refractivity contribution < 1.29 is 4.74 Å². The molecule has 0 aliphatic rings. The van der Waals surface area contributed by atoms with E-state index in [1.54, 1.807) is 11.3 Å². The Labute approximate surface area is 161 Å². The summed E-state index contributed by atoms with van der Waals surface area (Å²) in [6.07, 6.45) is 1.03. The third-order valence-corrected chi connectivity index (χ3v) is 4.94. The molecule has 0 saturated heterocycles. The molecular weight excluding hydrogens is 344 g/mol. The first-order valence-electron chi connectivity index (χ1n) is 8.89. The lowest BCUT2D eigenvalue weighted by Crippen LogP contribution is -2.39. The average Bonchev–Trinajstić information content (AvgIpc) is 3.14. The molecule has 0 radical (unpaired) electrons. The highest BCUT2D eigenvalue weighted by Crippen LogP contribution is 2.13. The molecule has 0 unspecified atom stereocenters. The number of ether oxygens (including phenoxy) is 1. The minimum atomic E-state index is 0.691. The van der Waals surface area contributed by atoms with Crippen molar-refractivity contribution in [2.45, 2.75) is 13.0 Å². The van der Waals surface area contributed by atoms with E-state index in [1.165, 1.54) is 10.4 Å². The summed E-state index contributed by atoms with van der Waals surface area (Å²) in [6.45, 7) is 3.26. The topological polar surface area (TPSA) is 40.1 Å². The summed E-state index contributed by atoms with van der Waals surface area (Å²) >= 11 is 1.80. The van der Waals surface area contributed by atoms with E-state index >= 15 is 0 Å². The Kier molecular flexibility index (Phi) is 8.44. The predicted octanol–water partition coefficient (Wildman–Crippen LogP) is 2.94. The van der Waals surface area contributed by atoms with E-state index in [0.717, 1.165) is 37.8 Å². The third kappa shape index (κ3) is 7.06. The van der Waals surface area contributed by atoms with Gasteiger partial charge < -0.3 is 19.9 Å². The van der Waals surface area contributed by atoms with Crippen molar-refractivity contribution in [3.8, 4) is 5.75 Å². The fourth-order valence-electron chi connectivity index (χ4n) is 2.50. The first-order valence-corrected chi connectivity index (χ1v) is 9.77. The molecule has 0 aliphatic heterocycles. The zero-order valence-electron chi connectivity index (χ0n) is 16.2. The highest BCUT2D eigenvalue weighted by Gasteiger charge is 2.07. The first kappa shape index (κ1) is 20.3. The van der Waals surface area contributed by atoms with Crippen molar-refractivity contribution in [3.05, 3.63) is 52.2 Å². The van der Waals surface area contributed by atoms with E-state index in [9.17, 15) is 0 Å². The maximum absolute atomic E-state index is 5.81. The quantitative estimate of drug-likeness (QED) is 0.541. The van der Waals surface area contributed by atoms with Crippen LogP contribution in [0.1, 0.15) is 10.4 Å². The van der Waals surface area contributed by atoms with Gasteiger partial charge >= 0.3 is 0 Å². The molecule has 5 nitrogen and oxygen atoms in total. The van der Waals surface area contributed by atoms with Crippen molar-refractivity contribution >= 4 is 17.3 Å². The fourth-order valence-corrected chi connectivity index (χ4v) is 3.19. The van der Waals surface area contributed by atoms with Gasteiger partial charge in [0.25, 0.3) is 0 Å². The van der Waals surface area contributed by atoms with E-state index in [0.29, 0.717) is 6.61 Å². The van der Waals surface area contributed by atoms with E-state index < -0.39 is 0 Å². The Morgan fingerprint density at radius 3 is 2.69 bits per heavy atom. The maximum Gasteiger partial charge on any atom is 0.193 e. The molecule has 0 spiro atoms. The Balaban J connectivity index is 1.81. The number of thiophene rings is 1. The SMILES string of the molecule is CN=C(NCc1cccc(OCCN(C)C)c1)N(C)CCc1cccs1. The van der Waals surface area contributed by atoms with Crippen LogP contribution in [0.2, 0.25) is 0 Å². The van der Waals surface area contributed by atoms with Crippen LogP contribution >= 0.6 is 11.3 Å². The lowest BCUT2D eigenvalue weighted by Gasteiger charge is -2.22. The van der Waals surface area contributed by atoms with E-state index in [-0.39, 0.29) is 0 Å². The molecule has 0 atom stereocenters. The summed E-state index contributed by atoms with van der Waals surface area (Å²) in [7, 11) is 7.99. The highest BCUT2D eigenvalue weighted by atomic mass is 32.1. The summed E-state index contributed by atoms with van der Waals surface area (Å²) < 4.78 is 5.81. The predicted molar refractivity (Wildman–Crippen MR) is 111 cm³/mol. The van der Waals surface area contributed by atoms with Gasteiger partial charge in [0, 0.05) is 38.6 Å². The van der Waals surface area contributed by atoms with E-state index in [4.69, 9.17) is 4.74 Å². The molecule has 1 N–H and O–H groups in total. The number of guanidine groups is 1. The van der Waals surface area contributed by atoms with Gasteiger partial charge in [-0.1, -0.05) is 18.2 Å². The zero-order chi connectivity index (χ0) is 18.8. The van der Waals surface area contributed by atoms with Crippen LogP contribution in [-0.4, -0.2) is 63.6 Å². The molecule has 0 bridgehead atoms. The highest BCUT2D eigenvalue weighted by molar-refractivity contribution is 7.09. The van der Waals surface area contributed by atoms with Gasteiger partial charge in [-0.25, -0.2) is 0 Å². The second kappa shape index (κ2) is 10.8. The molecule has 0 aliphatic carbocycles. The second-order valence-corrected chi connectivity index (χ2v) is 7.48. The van der Waals surface area contributed by atoms with Gasteiger partial charge in [-0.3, -0.25) is 4.99 Å². The van der Waals surface area contributed by atoms with Gasteiger partial charge in [0.15, 0.2) is 5.96 Å². The standard InChI is InChI=1S/C20H30N4OS/c1-21-20(24(4)11-10-19-9-6-14-26-19)22-16-17-7-5-8-18(15-17)25-13-12-23(2)3/h5-9,14-15H,10-13,16H2,1-4H3,(H,21,22). The molecule has 6 heteroatoms. The minimum Gasteiger partial charge on any atom is -0.492 e. The molecule has 0 fully saturated rings. The van der Waals surface area contributed by atoms with E-state index in [1.807, 2.05) is 33.3 Å². The Bertz CT molecular complexity index is 670. The third-order valence-electron chi connectivity index (χ3n) is 4.00. The number of aliphatic imine (C=N–C) groups is 1. The largest absolute Gasteiger partial charge is 0.492 e. The van der Waals surface area contributed by atoms with E-state index in [2.05, 4.69) is 56.8 Å². The maximum atomic E-state index is 5.81. The Morgan fingerprint density at radius 2 is 2.00 bits per heavy atom. The molecule has 1 aromatic heterocycles. The summed E-state index contributed by atoms with van der Waals surface area (Å²) in [5.74, 6) is 1.81.